The van der Waals surface area contributed by atoms with E-state index in [2.05, 4.69) is 15.8 Å². The van der Waals surface area contributed by atoms with E-state index in [0.29, 0.717) is 34.1 Å². The monoisotopic (exact) mass is 393 g/mol. The molecule has 1 aromatic heterocycles. The zero-order valence-corrected chi connectivity index (χ0v) is 15.8. The minimum Gasteiger partial charge on any atom is -0.495 e. The van der Waals surface area contributed by atoms with Gasteiger partial charge in [0.25, 0.3) is 0 Å². The summed E-state index contributed by atoms with van der Waals surface area (Å²) in [5.41, 5.74) is 4.36. The topological polar surface area (TPSA) is 113 Å². The summed E-state index contributed by atoms with van der Waals surface area (Å²) in [6.07, 6.45) is 1.34. The molecule has 0 radical (unpaired) electrons. The van der Waals surface area contributed by atoms with Crippen molar-refractivity contribution in [3.05, 3.63) is 71.5 Å². The van der Waals surface area contributed by atoms with Gasteiger partial charge in [0.1, 0.15) is 17.3 Å². The van der Waals surface area contributed by atoms with Crippen molar-refractivity contribution in [1.29, 1.82) is 0 Å². The molecule has 3 aromatic rings. The number of urea groups is 1. The van der Waals surface area contributed by atoms with E-state index in [1.807, 2.05) is 0 Å². The lowest BCUT2D eigenvalue weighted by Crippen LogP contribution is -2.24. The molecule has 0 saturated carbocycles. The van der Waals surface area contributed by atoms with Crippen molar-refractivity contribution in [1.82, 2.24) is 5.43 Å². The van der Waals surface area contributed by atoms with Crippen LogP contribution in [0.4, 0.5) is 10.5 Å². The van der Waals surface area contributed by atoms with Crippen LogP contribution in [0.1, 0.15) is 21.7 Å². The molecule has 0 atom stereocenters. The first kappa shape index (κ1) is 19.7. The highest BCUT2D eigenvalue weighted by Gasteiger charge is 2.11. The van der Waals surface area contributed by atoms with Crippen LogP contribution in [0.5, 0.6) is 5.75 Å². The molecule has 0 aliphatic carbocycles. The molecule has 29 heavy (non-hydrogen) atoms. The fourth-order valence-corrected chi connectivity index (χ4v) is 2.64. The molecule has 148 valence electrons. The molecule has 0 aliphatic rings. The molecule has 2 amide bonds. The molecule has 0 saturated heterocycles. The first-order valence-electron chi connectivity index (χ1n) is 8.65. The first-order chi connectivity index (χ1) is 14.0. The van der Waals surface area contributed by atoms with Gasteiger partial charge in [0.2, 0.25) is 0 Å². The number of benzene rings is 2. The highest BCUT2D eigenvalue weighted by molar-refractivity contribution is 5.92. The second-order valence-electron chi connectivity index (χ2n) is 6.06. The number of para-hydroxylation sites is 2. The minimum absolute atomic E-state index is 0.212. The van der Waals surface area contributed by atoms with E-state index in [0.717, 1.165) is 0 Å². The van der Waals surface area contributed by atoms with E-state index in [1.54, 1.807) is 61.5 Å². The van der Waals surface area contributed by atoms with Crippen LogP contribution >= 0.6 is 0 Å². The third-order valence-corrected chi connectivity index (χ3v) is 4.09. The Morgan fingerprint density at radius 1 is 1.14 bits per heavy atom. The van der Waals surface area contributed by atoms with Crippen LogP contribution in [0.3, 0.4) is 0 Å². The molecule has 8 heteroatoms. The predicted octanol–water partition coefficient (Wildman–Crippen LogP) is 4.12. The number of carbonyl (C=O) groups is 2. The molecule has 0 fully saturated rings. The Bertz CT molecular complexity index is 1070. The van der Waals surface area contributed by atoms with Crippen LogP contribution < -0.4 is 15.5 Å². The highest BCUT2D eigenvalue weighted by Crippen LogP contribution is 2.24. The maximum atomic E-state index is 12.0. The minimum atomic E-state index is -0.997. The van der Waals surface area contributed by atoms with Crippen molar-refractivity contribution in [2.24, 2.45) is 5.10 Å². The zero-order valence-electron chi connectivity index (χ0n) is 15.8. The largest absolute Gasteiger partial charge is 0.495 e. The number of hydrogen-bond acceptors (Lipinski definition) is 5. The normalized spacial score (nSPS) is 10.7. The van der Waals surface area contributed by atoms with Crippen LogP contribution in [0.25, 0.3) is 11.3 Å². The summed E-state index contributed by atoms with van der Waals surface area (Å²) >= 11 is 0. The molecule has 3 rings (SSSR count). The van der Waals surface area contributed by atoms with Crippen molar-refractivity contribution in [3.63, 3.8) is 0 Å². The van der Waals surface area contributed by atoms with Crippen LogP contribution in [-0.2, 0) is 0 Å². The van der Waals surface area contributed by atoms with Gasteiger partial charge < -0.3 is 19.6 Å². The Balaban J connectivity index is 1.64. The number of hydrazone groups is 1. The molecule has 1 heterocycles. The van der Waals surface area contributed by atoms with Gasteiger partial charge >= 0.3 is 12.0 Å². The third-order valence-electron chi connectivity index (χ3n) is 4.09. The van der Waals surface area contributed by atoms with Crippen molar-refractivity contribution in [2.75, 3.05) is 12.4 Å². The number of carboxylic acid groups (broad SMARTS) is 1. The highest BCUT2D eigenvalue weighted by atomic mass is 16.5. The van der Waals surface area contributed by atoms with Gasteiger partial charge in [0.05, 0.1) is 24.6 Å². The fraction of sp³-hybridized carbons (Fsp3) is 0.0952. The van der Waals surface area contributed by atoms with Crippen LogP contribution in [-0.4, -0.2) is 30.4 Å². The van der Waals surface area contributed by atoms with E-state index in [9.17, 15) is 14.7 Å². The summed E-state index contributed by atoms with van der Waals surface area (Å²) in [5, 5.41) is 15.7. The molecule has 0 unspecified atom stereocenters. The number of methoxy groups -OCH3 is 1. The van der Waals surface area contributed by atoms with E-state index < -0.39 is 12.0 Å². The molecule has 0 aliphatic heterocycles. The summed E-state index contributed by atoms with van der Waals surface area (Å²) in [6.45, 7) is 1.73. The van der Waals surface area contributed by atoms with E-state index >= 15 is 0 Å². The fourth-order valence-electron chi connectivity index (χ4n) is 2.64. The van der Waals surface area contributed by atoms with Crippen molar-refractivity contribution in [2.45, 2.75) is 6.92 Å². The second kappa shape index (κ2) is 8.75. The number of anilines is 1. The number of aryl methyl sites for hydroxylation is 1. The van der Waals surface area contributed by atoms with Gasteiger partial charge in [-0.1, -0.05) is 24.3 Å². The second-order valence-corrected chi connectivity index (χ2v) is 6.06. The van der Waals surface area contributed by atoms with Crippen molar-refractivity contribution < 1.29 is 23.8 Å². The number of ether oxygens (including phenoxy) is 1. The number of furan rings is 1. The molecule has 3 N–H and O–H groups in total. The van der Waals surface area contributed by atoms with Gasteiger partial charge in [0, 0.05) is 5.56 Å². The Hall–Kier alpha value is -4.07. The van der Waals surface area contributed by atoms with Crippen LogP contribution in [0, 0.1) is 6.92 Å². The Labute approximate surface area is 166 Å². The van der Waals surface area contributed by atoms with Crippen molar-refractivity contribution in [3.8, 4) is 17.1 Å². The van der Waals surface area contributed by atoms with E-state index in [4.69, 9.17) is 9.15 Å². The maximum Gasteiger partial charge on any atom is 0.339 e. The predicted molar refractivity (Wildman–Crippen MR) is 109 cm³/mol. The summed E-state index contributed by atoms with van der Waals surface area (Å²) in [7, 11) is 1.51. The number of aromatic carboxylic acids is 1. The van der Waals surface area contributed by atoms with Crippen molar-refractivity contribution >= 4 is 23.9 Å². The number of carbonyl (C=O) groups excluding carboxylic acids is 1. The van der Waals surface area contributed by atoms with Gasteiger partial charge in [-0.2, -0.15) is 5.10 Å². The summed E-state index contributed by atoms with van der Waals surface area (Å²) in [5.74, 6) is 0.423. The summed E-state index contributed by atoms with van der Waals surface area (Å²) in [6, 6.07) is 14.9. The molecular formula is C21H19N3O5. The van der Waals surface area contributed by atoms with Gasteiger partial charge in [0.15, 0.2) is 0 Å². The lowest BCUT2D eigenvalue weighted by atomic mass is 10.0. The molecule has 0 spiro atoms. The van der Waals surface area contributed by atoms with Gasteiger partial charge in [-0.15, -0.1) is 0 Å². The van der Waals surface area contributed by atoms with Gasteiger partial charge in [-0.3, -0.25) is 0 Å². The standard InChI is InChI=1S/C21H19N3O5/c1-13-7-8-14(11-16(13)20(25)26)18-10-9-15(29-18)12-22-24-21(27)23-17-5-3-4-6-19(17)28-2/h3-12H,1-2H3,(H,25,26)(H2,23,24,27)/b22-12+. The average molecular weight is 393 g/mol. The molecule has 2 aromatic carbocycles. The molecule has 0 bridgehead atoms. The van der Waals surface area contributed by atoms with Crippen LogP contribution in [0.15, 0.2) is 64.1 Å². The Kier molecular flexibility index (Phi) is 5.94. The number of nitrogens with zero attached hydrogens (tertiary/aromatic N) is 1. The quantitative estimate of drug-likeness (QED) is 0.431. The first-order valence-corrected chi connectivity index (χ1v) is 8.65. The van der Waals surface area contributed by atoms with E-state index in [1.165, 1.54) is 13.3 Å². The number of amides is 2. The molecule has 8 nitrogen and oxygen atoms in total. The van der Waals surface area contributed by atoms with Gasteiger partial charge in [-0.25, -0.2) is 15.0 Å². The lowest BCUT2D eigenvalue weighted by molar-refractivity contribution is 0.0696. The zero-order chi connectivity index (χ0) is 20.8. The lowest BCUT2D eigenvalue weighted by Gasteiger charge is -2.08. The van der Waals surface area contributed by atoms with E-state index in [-0.39, 0.29) is 5.56 Å². The number of hydrogen-bond donors (Lipinski definition) is 3. The molecular weight excluding hydrogens is 374 g/mol. The van der Waals surface area contributed by atoms with Gasteiger partial charge in [-0.05, 0) is 42.8 Å². The maximum absolute atomic E-state index is 12.0. The smallest absolute Gasteiger partial charge is 0.339 e. The summed E-state index contributed by atoms with van der Waals surface area (Å²) < 4.78 is 10.8. The number of carboxylic acids is 1. The summed E-state index contributed by atoms with van der Waals surface area (Å²) in [4.78, 5) is 23.2. The number of nitrogens with one attached hydrogen (secondary N) is 2. The van der Waals surface area contributed by atoms with Crippen LogP contribution in [0.2, 0.25) is 0 Å². The Morgan fingerprint density at radius 2 is 1.93 bits per heavy atom. The third kappa shape index (κ3) is 4.81. The average Bonchev–Trinajstić information content (AvgIpc) is 3.17. The Morgan fingerprint density at radius 3 is 2.69 bits per heavy atom. The SMILES string of the molecule is COc1ccccc1NC(=O)N/N=C/c1ccc(-c2ccc(C)c(C(=O)O)c2)o1. The number of rotatable bonds is 6.